The summed E-state index contributed by atoms with van der Waals surface area (Å²) in [5, 5.41) is 1.67. The summed E-state index contributed by atoms with van der Waals surface area (Å²) in [6.07, 6.45) is 4.70. The number of aromatic nitrogens is 1. The Morgan fingerprint density at radius 2 is 2.08 bits per heavy atom. The van der Waals surface area contributed by atoms with Crippen molar-refractivity contribution in [3.63, 3.8) is 0 Å². The number of anilines is 1. The van der Waals surface area contributed by atoms with Gasteiger partial charge in [-0.1, -0.05) is 12.1 Å². The summed E-state index contributed by atoms with van der Waals surface area (Å²) < 4.78 is 5.99. The lowest BCUT2D eigenvalue weighted by molar-refractivity contribution is -0.109. The Bertz CT molecular complexity index is 681. The van der Waals surface area contributed by atoms with Crippen LogP contribution in [-0.2, 0) is 11.4 Å². The van der Waals surface area contributed by atoms with E-state index in [1.165, 1.54) is 24.0 Å². The highest BCUT2D eigenvalue weighted by Crippen LogP contribution is 2.43. The van der Waals surface area contributed by atoms with Crippen LogP contribution in [0, 0.1) is 6.92 Å². The average molecular weight is 343 g/mol. The zero-order chi connectivity index (χ0) is 18.2. The van der Waals surface area contributed by atoms with Gasteiger partial charge in [0, 0.05) is 18.8 Å². The molecule has 25 heavy (non-hydrogen) atoms. The molecule has 1 aliphatic rings. The van der Waals surface area contributed by atoms with Crippen molar-refractivity contribution in [1.82, 2.24) is 10.4 Å². The van der Waals surface area contributed by atoms with Crippen LogP contribution in [-0.4, -0.2) is 18.4 Å². The van der Waals surface area contributed by atoms with Gasteiger partial charge in [0.2, 0.25) is 6.41 Å². The molecule has 0 spiro atoms. The second-order valence-corrected chi connectivity index (χ2v) is 5.89. The number of amides is 1. The number of rotatable bonds is 6. The van der Waals surface area contributed by atoms with Gasteiger partial charge in [-0.15, -0.1) is 0 Å². The number of hydrazine groups is 2. The Kier molecular flexibility index (Phi) is 6.73. The second kappa shape index (κ2) is 9.00. The molecule has 7 heteroatoms. The smallest absolute Gasteiger partial charge is 0.221 e. The number of ether oxygens (including phenoxy) is 1. The van der Waals surface area contributed by atoms with E-state index in [0.29, 0.717) is 18.9 Å². The van der Waals surface area contributed by atoms with Gasteiger partial charge in [-0.2, -0.15) is 0 Å². The molecule has 1 aromatic carbocycles. The number of nitrogens with one attached hydrogen (secondary N) is 1. The van der Waals surface area contributed by atoms with E-state index in [1.807, 2.05) is 32.2 Å². The number of carbonyl (C=O) groups excluding carboxylic acids is 1. The van der Waals surface area contributed by atoms with Crippen LogP contribution in [0.4, 0.5) is 5.69 Å². The third-order valence-corrected chi connectivity index (χ3v) is 3.98. The van der Waals surface area contributed by atoms with Crippen molar-refractivity contribution in [2.75, 3.05) is 12.1 Å². The van der Waals surface area contributed by atoms with Crippen LogP contribution in [0.3, 0.4) is 0 Å². The van der Waals surface area contributed by atoms with Crippen molar-refractivity contribution >= 4 is 12.1 Å². The van der Waals surface area contributed by atoms with Crippen LogP contribution in [0.5, 0.6) is 5.75 Å². The molecule has 0 unspecified atom stereocenters. The van der Waals surface area contributed by atoms with E-state index >= 15 is 0 Å². The number of carbonyl (C=O) groups is 1. The van der Waals surface area contributed by atoms with Gasteiger partial charge in [-0.05, 0) is 49.4 Å². The van der Waals surface area contributed by atoms with E-state index in [9.17, 15) is 0 Å². The molecule has 1 amide bonds. The highest BCUT2D eigenvalue weighted by molar-refractivity contribution is 5.57. The maximum atomic E-state index is 8.94. The van der Waals surface area contributed by atoms with Gasteiger partial charge >= 0.3 is 0 Å². The van der Waals surface area contributed by atoms with Crippen LogP contribution in [0.15, 0.2) is 36.5 Å². The molecule has 0 radical (unpaired) electrons. The van der Waals surface area contributed by atoms with E-state index in [1.54, 1.807) is 16.6 Å². The first-order chi connectivity index (χ1) is 12.1. The van der Waals surface area contributed by atoms with Crippen LogP contribution in [0.25, 0.3) is 0 Å². The zero-order valence-corrected chi connectivity index (χ0v) is 14.6. The van der Waals surface area contributed by atoms with Gasteiger partial charge in [0.1, 0.15) is 12.4 Å². The zero-order valence-electron chi connectivity index (χ0n) is 14.6. The molecule has 0 aliphatic heterocycles. The summed E-state index contributed by atoms with van der Waals surface area (Å²) in [6.45, 7) is 2.48. The molecule has 134 valence electrons. The molecule has 1 heterocycles. The Morgan fingerprint density at radius 1 is 1.36 bits per heavy atom. The Labute approximate surface area is 147 Å². The molecule has 1 aromatic heterocycles. The van der Waals surface area contributed by atoms with Crippen molar-refractivity contribution in [2.45, 2.75) is 32.3 Å². The fraction of sp³-hybridized carbons (Fsp3) is 0.333. The minimum absolute atomic E-state index is 0.403. The fourth-order valence-corrected chi connectivity index (χ4v) is 2.63. The van der Waals surface area contributed by atoms with Crippen molar-refractivity contribution in [3.8, 4) is 5.75 Å². The molecule has 1 aliphatic carbocycles. The lowest BCUT2D eigenvalue weighted by Gasteiger charge is -2.20. The third kappa shape index (κ3) is 5.17. The first-order valence-electron chi connectivity index (χ1n) is 8.12. The van der Waals surface area contributed by atoms with Gasteiger partial charge in [-0.25, -0.2) is 11.7 Å². The molecular formula is C18H25N5O2. The highest BCUT2D eigenvalue weighted by Gasteiger charge is 2.27. The average Bonchev–Trinajstić information content (AvgIpc) is 3.46. The summed E-state index contributed by atoms with van der Waals surface area (Å²) in [4.78, 5) is 13.2. The van der Waals surface area contributed by atoms with E-state index in [-0.39, 0.29) is 0 Å². The Hall–Kier alpha value is -2.64. The summed E-state index contributed by atoms with van der Waals surface area (Å²) >= 11 is 0. The van der Waals surface area contributed by atoms with Gasteiger partial charge < -0.3 is 9.75 Å². The molecule has 1 saturated carbocycles. The normalized spacial score (nSPS) is 12.6. The van der Waals surface area contributed by atoms with Crippen LogP contribution < -0.4 is 26.9 Å². The van der Waals surface area contributed by atoms with Crippen molar-refractivity contribution in [1.29, 1.82) is 0 Å². The summed E-state index contributed by atoms with van der Waals surface area (Å²) in [5.74, 6) is 11.9. The van der Waals surface area contributed by atoms with E-state index in [0.717, 1.165) is 17.1 Å². The standard InChI is InChI=1S/C17H21N3O.CH4N2O/c1-12-17(7-4-10-19-12)21-11-15-14(13-8-9-13)5-3-6-16(15)20(2)18;2-3-1-4/h3-7,10,13H,8-9,11,18H2,1-2H3;1H,2H2,(H,3,4). The van der Waals surface area contributed by atoms with Crippen molar-refractivity contribution < 1.29 is 9.53 Å². The number of nitrogens with two attached hydrogens (primary N) is 2. The largest absolute Gasteiger partial charge is 0.487 e. The van der Waals surface area contributed by atoms with E-state index in [2.05, 4.69) is 23.0 Å². The minimum Gasteiger partial charge on any atom is -0.487 e. The molecular weight excluding hydrogens is 318 g/mol. The molecule has 3 rings (SSSR count). The van der Waals surface area contributed by atoms with E-state index < -0.39 is 0 Å². The van der Waals surface area contributed by atoms with Gasteiger partial charge in [0.05, 0.1) is 11.4 Å². The predicted octanol–water partition coefficient (Wildman–Crippen LogP) is 1.76. The molecule has 5 N–H and O–H groups in total. The minimum atomic E-state index is 0.403. The number of benzene rings is 1. The quantitative estimate of drug-likeness (QED) is 0.319. The summed E-state index contributed by atoms with van der Waals surface area (Å²) in [6, 6.07) is 10.2. The van der Waals surface area contributed by atoms with Crippen LogP contribution in [0.1, 0.15) is 35.6 Å². The Balaban J connectivity index is 0.000000511. The number of nitrogens with zero attached hydrogens (tertiary/aromatic N) is 2. The summed E-state index contributed by atoms with van der Waals surface area (Å²) in [5.41, 5.74) is 6.24. The molecule has 7 nitrogen and oxygen atoms in total. The predicted molar refractivity (Wildman–Crippen MR) is 97.7 cm³/mol. The Morgan fingerprint density at radius 3 is 2.64 bits per heavy atom. The van der Waals surface area contributed by atoms with Crippen LogP contribution in [0.2, 0.25) is 0 Å². The number of hydrogen-bond acceptors (Lipinski definition) is 6. The number of aryl methyl sites for hydroxylation is 1. The SMILES string of the molecule is Cc1ncccc1OCc1c(C2CC2)cccc1N(C)N.NNC=O. The lowest BCUT2D eigenvalue weighted by atomic mass is 10.0. The second-order valence-electron chi connectivity index (χ2n) is 5.89. The van der Waals surface area contributed by atoms with Crippen LogP contribution >= 0.6 is 0 Å². The third-order valence-electron chi connectivity index (χ3n) is 3.98. The molecule has 0 atom stereocenters. The molecule has 1 fully saturated rings. The van der Waals surface area contributed by atoms with Gasteiger partial charge in [0.15, 0.2) is 0 Å². The highest BCUT2D eigenvalue weighted by atomic mass is 16.5. The van der Waals surface area contributed by atoms with Gasteiger partial charge in [0.25, 0.3) is 0 Å². The topological polar surface area (TPSA) is 106 Å². The lowest BCUT2D eigenvalue weighted by Crippen LogP contribution is -2.27. The fourth-order valence-electron chi connectivity index (χ4n) is 2.63. The van der Waals surface area contributed by atoms with Gasteiger partial charge in [-0.3, -0.25) is 15.2 Å². The maximum absolute atomic E-state index is 8.94. The number of hydrogen-bond donors (Lipinski definition) is 3. The first kappa shape index (κ1) is 18.7. The van der Waals surface area contributed by atoms with Crippen molar-refractivity contribution in [2.24, 2.45) is 11.7 Å². The maximum Gasteiger partial charge on any atom is 0.221 e. The molecule has 2 aromatic rings. The number of pyridine rings is 1. The molecule has 0 saturated heterocycles. The van der Waals surface area contributed by atoms with E-state index in [4.69, 9.17) is 15.4 Å². The first-order valence-corrected chi connectivity index (χ1v) is 8.12. The molecule has 0 bridgehead atoms. The summed E-state index contributed by atoms with van der Waals surface area (Å²) in [7, 11) is 1.87. The monoisotopic (exact) mass is 343 g/mol. The van der Waals surface area contributed by atoms with Crippen molar-refractivity contribution in [3.05, 3.63) is 53.3 Å².